The molecule has 0 radical (unpaired) electrons. The van der Waals surface area contributed by atoms with Crippen molar-refractivity contribution >= 4 is 45.1 Å². The molecule has 6 nitrogen and oxygen atoms in total. The molecule has 1 aromatic rings. The van der Waals surface area contributed by atoms with Crippen molar-refractivity contribution in [3.05, 3.63) is 52.7 Å². The lowest BCUT2D eigenvalue weighted by atomic mass is 10.0. The predicted molar refractivity (Wildman–Crippen MR) is 103 cm³/mol. The number of sulfonamides is 1. The molecule has 1 amide bonds. The largest absolute Gasteiger partial charge is 0.345 e. The van der Waals surface area contributed by atoms with Crippen LogP contribution in [-0.4, -0.2) is 43.1 Å². The zero-order valence-corrected chi connectivity index (χ0v) is 16.1. The maximum atomic E-state index is 12.9. The van der Waals surface area contributed by atoms with Crippen LogP contribution in [0, 0.1) is 0 Å². The highest BCUT2D eigenvalue weighted by Crippen LogP contribution is 2.37. The van der Waals surface area contributed by atoms with Crippen LogP contribution in [0.3, 0.4) is 0 Å². The van der Waals surface area contributed by atoms with Crippen LogP contribution in [-0.2, 0) is 14.8 Å². The van der Waals surface area contributed by atoms with Gasteiger partial charge in [-0.3, -0.25) is 4.79 Å². The number of hydrogen-bond acceptors (Lipinski definition) is 5. The average molecular weight is 410 g/mol. The molecule has 0 saturated heterocycles. The molecule has 9 heteroatoms. The van der Waals surface area contributed by atoms with Crippen LogP contribution in [0.25, 0.3) is 0 Å². The van der Waals surface area contributed by atoms with Gasteiger partial charge in [0.25, 0.3) is 15.9 Å². The molecule has 0 aliphatic carbocycles. The van der Waals surface area contributed by atoms with Gasteiger partial charge in [0.05, 0.1) is 17.4 Å². The second-order valence-corrected chi connectivity index (χ2v) is 9.49. The van der Waals surface area contributed by atoms with Gasteiger partial charge in [0, 0.05) is 28.4 Å². The Morgan fingerprint density at radius 3 is 3.08 bits per heavy atom. The van der Waals surface area contributed by atoms with Gasteiger partial charge in [-0.25, -0.2) is 8.42 Å². The summed E-state index contributed by atoms with van der Waals surface area (Å²) in [6.45, 7) is 0.292. The van der Waals surface area contributed by atoms with Crippen LogP contribution in [0.2, 0.25) is 5.02 Å². The Morgan fingerprint density at radius 1 is 1.38 bits per heavy atom. The number of carbonyl (C=O) groups excluding carboxylic acids is 1. The number of amides is 1. The van der Waals surface area contributed by atoms with E-state index in [1.807, 2.05) is 18.2 Å². The minimum absolute atomic E-state index is 0.0541. The van der Waals surface area contributed by atoms with E-state index in [1.54, 1.807) is 35.0 Å². The summed E-state index contributed by atoms with van der Waals surface area (Å²) in [6.07, 6.45) is 5.84. The van der Waals surface area contributed by atoms with Crippen molar-refractivity contribution in [2.24, 2.45) is 4.40 Å². The highest BCUT2D eigenvalue weighted by molar-refractivity contribution is 7.99. The normalized spacial score (nSPS) is 23.4. The summed E-state index contributed by atoms with van der Waals surface area (Å²) in [5, 5.41) is 3.64. The molecule has 136 valence electrons. The van der Waals surface area contributed by atoms with E-state index in [1.165, 1.54) is 0 Å². The molecule has 3 aliphatic rings. The highest BCUT2D eigenvalue weighted by Gasteiger charge is 2.31. The van der Waals surface area contributed by atoms with Crippen molar-refractivity contribution in [2.75, 3.05) is 18.1 Å². The molecule has 0 aromatic heterocycles. The average Bonchev–Trinajstić information content (AvgIpc) is 2.61. The summed E-state index contributed by atoms with van der Waals surface area (Å²) in [6, 6.07) is 5.50. The first-order valence-corrected chi connectivity index (χ1v) is 11.1. The van der Waals surface area contributed by atoms with Crippen LogP contribution in [0.4, 0.5) is 0 Å². The van der Waals surface area contributed by atoms with Crippen LogP contribution in [0.5, 0.6) is 0 Å². The van der Waals surface area contributed by atoms with Crippen molar-refractivity contribution in [2.45, 2.75) is 17.4 Å². The lowest BCUT2D eigenvalue weighted by Crippen LogP contribution is -2.43. The Labute approximate surface area is 161 Å². The van der Waals surface area contributed by atoms with Gasteiger partial charge in [-0.1, -0.05) is 11.6 Å². The van der Waals surface area contributed by atoms with Crippen LogP contribution < -0.4 is 5.32 Å². The van der Waals surface area contributed by atoms with Crippen molar-refractivity contribution < 1.29 is 13.2 Å². The van der Waals surface area contributed by atoms with Crippen LogP contribution in [0.1, 0.15) is 18.0 Å². The fourth-order valence-electron chi connectivity index (χ4n) is 3.14. The minimum atomic E-state index is -3.54. The Morgan fingerprint density at radius 2 is 2.23 bits per heavy atom. The molecule has 26 heavy (non-hydrogen) atoms. The van der Waals surface area contributed by atoms with Crippen molar-refractivity contribution in [3.63, 3.8) is 0 Å². The van der Waals surface area contributed by atoms with Crippen molar-refractivity contribution in [1.82, 2.24) is 10.2 Å². The lowest BCUT2D eigenvalue weighted by Gasteiger charge is -2.30. The van der Waals surface area contributed by atoms with E-state index in [4.69, 9.17) is 11.6 Å². The zero-order valence-electron chi connectivity index (χ0n) is 13.7. The summed E-state index contributed by atoms with van der Waals surface area (Å²) in [4.78, 5) is 15.7. The maximum Gasteiger partial charge on any atom is 0.256 e. The summed E-state index contributed by atoms with van der Waals surface area (Å²) >= 11 is 7.85. The lowest BCUT2D eigenvalue weighted by molar-refractivity contribution is -0.117. The van der Waals surface area contributed by atoms with Gasteiger partial charge < -0.3 is 10.2 Å². The molecule has 3 aliphatic heterocycles. The second kappa shape index (κ2) is 6.75. The van der Waals surface area contributed by atoms with E-state index in [2.05, 4.69) is 9.71 Å². The van der Waals surface area contributed by atoms with Gasteiger partial charge in [-0.2, -0.15) is 0 Å². The first kappa shape index (κ1) is 17.6. The Bertz CT molecular complexity index is 969. The number of benzene rings is 1. The Kier molecular flexibility index (Phi) is 4.58. The Balaban J connectivity index is 1.62. The molecule has 0 saturated carbocycles. The number of nitrogens with one attached hydrogen (secondary N) is 1. The third-order valence-corrected chi connectivity index (χ3v) is 6.93. The van der Waals surface area contributed by atoms with Gasteiger partial charge in [0.15, 0.2) is 5.84 Å². The number of carbonyl (C=O) groups is 1. The molecule has 0 bridgehead atoms. The van der Waals surface area contributed by atoms with E-state index in [9.17, 15) is 13.2 Å². The molecule has 0 unspecified atom stereocenters. The molecular weight excluding hydrogens is 394 g/mol. The fraction of sp³-hybridized carbons (Fsp3) is 0.294. The third kappa shape index (κ3) is 3.41. The second-order valence-electron chi connectivity index (χ2n) is 6.16. The number of fused-ring (bicyclic) bond motifs is 2. The summed E-state index contributed by atoms with van der Waals surface area (Å²) in [5.41, 5.74) is 1.25. The number of hydrogen-bond donors (Lipinski definition) is 1. The maximum absolute atomic E-state index is 12.9. The third-order valence-electron chi connectivity index (χ3n) is 4.42. The number of amidine groups is 1. The number of allylic oxidation sites excluding steroid dienone is 2. The minimum Gasteiger partial charge on any atom is -0.345 e. The topological polar surface area (TPSA) is 78.8 Å². The van der Waals surface area contributed by atoms with E-state index < -0.39 is 10.0 Å². The first-order chi connectivity index (χ1) is 12.4. The molecule has 1 atom stereocenters. The van der Waals surface area contributed by atoms with Gasteiger partial charge >= 0.3 is 0 Å². The van der Waals surface area contributed by atoms with Crippen LogP contribution >= 0.6 is 23.4 Å². The quantitative estimate of drug-likeness (QED) is 0.811. The van der Waals surface area contributed by atoms with Gasteiger partial charge in [-0.15, -0.1) is 16.2 Å². The molecule has 3 heterocycles. The fourth-order valence-corrected chi connectivity index (χ4v) is 5.42. The monoisotopic (exact) mass is 409 g/mol. The van der Waals surface area contributed by atoms with E-state index in [-0.39, 0.29) is 29.1 Å². The van der Waals surface area contributed by atoms with E-state index >= 15 is 0 Å². The zero-order chi connectivity index (χ0) is 18.3. The smallest absolute Gasteiger partial charge is 0.256 e. The van der Waals surface area contributed by atoms with Gasteiger partial charge in [-0.05, 0) is 42.3 Å². The number of rotatable bonds is 2. The van der Waals surface area contributed by atoms with Crippen molar-refractivity contribution in [3.8, 4) is 0 Å². The van der Waals surface area contributed by atoms with E-state index in [0.29, 0.717) is 11.6 Å². The first-order valence-electron chi connectivity index (χ1n) is 8.14. The molecule has 1 aromatic carbocycles. The molecule has 1 N–H and O–H groups in total. The SMILES string of the molecule is O=C(N[C@@H]1CCSc2ccc(Cl)cc21)C1=CC=CN2CCS(=O)(=O)N=C12. The van der Waals surface area contributed by atoms with Gasteiger partial charge in [0.1, 0.15) is 0 Å². The Hall–Kier alpha value is -1.77. The molecular formula is C17H16ClN3O3S2. The molecule has 0 fully saturated rings. The number of nitrogens with zero attached hydrogens (tertiary/aromatic N) is 2. The van der Waals surface area contributed by atoms with E-state index in [0.717, 1.165) is 22.6 Å². The van der Waals surface area contributed by atoms with Gasteiger partial charge in [0.2, 0.25) is 0 Å². The predicted octanol–water partition coefficient (Wildman–Crippen LogP) is 2.49. The highest BCUT2D eigenvalue weighted by atomic mass is 35.5. The standard InChI is InChI=1S/C17H16ClN3O3S2/c18-11-3-4-15-13(10-11)14(5-8-25-15)19-17(22)12-2-1-6-21-7-9-26(23,24)20-16(12)21/h1-4,6,10,14H,5,7-9H2,(H,19,22)/t14-/m1/s1. The molecule has 4 rings (SSSR count). The summed E-state index contributed by atoms with van der Waals surface area (Å²) in [5.74, 6) is 0.687. The van der Waals surface area contributed by atoms with Crippen molar-refractivity contribution in [1.29, 1.82) is 0 Å². The molecule has 0 spiro atoms. The summed E-state index contributed by atoms with van der Waals surface area (Å²) < 4.78 is 27.5. The number of halogens is 1. The van der Waals surface area contributed by atoms with Crippen LogP contribution in [0.15, 0.2) is 51.4 Å². The summed E-state index contributed by atoms with van der Waals surface area (Å²) in [7, 11) is -3.54. The number of thioether (sulfide) groups is 1.